The number of nitrogens with zero attached hydrogens (tertiary/aromatic N) is 1. The molecule has 108 valence electrons. The monoisotopic (exact) mass is 257 g/mol. The lowest BCUT2D eigenvalue weighted by atomic mass is 9.90. The normalized spacial score (nSPS) is 25.0. The number of unbranched alkanes of at least 4 members (excludes halogenated alkanes) is 1. The molecule has 0 aromatic carbocycles. The standard InChI is InChI=1S/C14H31N3O/c1-4-6-7-12(5-2)10-13(16-15)14-11-17(3)8-9-18-14/h12-14,16H,4-11,15H2,1-3H3. The van der Waals surface area contributed by atoms with Gasteiger partial charge in [0.2, 0.25) is 0 Å². The Labute approximate surface area is 112 Å². The molecule has 0 bridgehead atoms. The van der Waals surface area contributed by atoms with Gasteiger partial charge in [-0.25, -0.2) is 0 Å². The lowest BCUT2D eigenvalue weighted by molar-refractivity contribution is -0.0428. The van der Waals surface area contributed by atoms with E-state index in [0.717, 1.165) is 32.0 Å². The van der Waals surface area contributed by atoms with E-state index >= 15 is 0 Å². The van der Waals surface area contributed by atoms with E-state index < -0.39 is 0 Å². The highest BCUT2D eigenvalue weighted by Crippen LogP contribution is 2.21. The summed E-state index contributed by atoms with van der Waals surface area (Å²) in [4.78, 5) is 2.32. The number of hydrogen-bond acceptors (Lipinski definition) is 4. The lowest BCUT2D eigenvalue weighted by Gasteiger charge is -2.36. The molecule has 4 heteroatoms. The van der Waals surface area contributed by atoms with E-state index in [-0.39, 0.29) is 12.1 Å². The van der Waals surface area contributed by atoms with Crippen molar-refractivity contribution in [3.05, 3.63) is 0 Å². The van der Waals surface area contributed by atoms with E-state index in [9.17, 15) is 0 Å². The van der Waals surface area contributed by atoms with Crippen LogP contribution in [0.5, 0.6) is 0 Å². The summed E-state index contributed by atoms with van der Waals surface area (Å²) in [7, 11) is 2.15. The molecule has 0 amide bonds. The molecule has 0 radical (unpaired) electrons. The van der Waals surface area contributed by atoms with Crippen molar-refractivity contribution in [2.24, 2.45) is 11.8 Å². The third kappa shape index (κ3) is 5.22. The molecule has 3 unspecified atom stereocenters. The van der Waals surface area contributed by atoms with Crippen molar-refractivity contribution in [1.29, 1.82) is 0 Å². The third-order valence-corrected chi connectivity index (χ3v) is 4.09. The van der Waals surface area contributed by atoms with E-state index in [1.165, 1.54) is 25.7 Å². The Kier molecular flexibility index (Phi) is 7.82. The molecule has 0 spiro atoms. The Hall–Kier alpha value is -0.160. The summed E-state index contributed by atoms with van der Waals surface area (Å²) >= 11 is 0. The molecule has 1 saturated heterocycles. The molecule has 1 heterocycles. The minimum Gasteiger partial charge on any atom is -0.374 e. The van der Waals surface area contributed by atoms with Gasteiger partial charge in [-0.15, -0.1) is 0 Å². The molecular weight excluding hydrogens is 226 g/mol. The summed E-state index contributed by atoms with van der Waals surface area (Å²) in [5, 5.41) is 0. The van der Waals surface area contributed by atoms with Crippen LogP contribution in [-0.4, -0.2) is 43.8 Å². The second kappa shape index (κ2) is 8.86. The van der Waals surface area contributed by atoms with Gasteiger partial charge in [0.05, 0.1) is 12.7 Å². The predicted octanol–water partition coefficient (Wildman–Crippen LogP) is 1.76. The van der Waals surface area contributed by atoms with E-state index in [1.807, 2.05) is 0 Å². The maximum atomic E-state index is 5.87. The Bertz CT molecular complexity index is 213. The maximum Gasteiger partial charge on any atom is 0.0868 e. The van der Waals surface area contributed by atoms with E-state index in [2.05, 4.69) is 31.2 Å². The van der Waals surface area contributed by atoms with Crippen molar-refractivity contribution < 1.29 is 4.74 Å². The Morgan fingerprint density at radius 1 is 1.44 bits per heavy atom. The number of rotatable bonds is 8. The number of nitrogens with two attached hydrogens (primary N) is 1. The van der Waals surface area contributed by atoms with Gasteiger partial charge in [0, 0.05) is 19.1 Å². The van der Waals surface area contributed by atoms with Gasteiger partial charge >= 0.3 is 0 Å². The first-order valence-electron chi connectivity index (χ1n) is 7.47. The van der Waals surface area contributed by atoms with Gasteiger partial charge in [-0.2, -0.15) is 0 Å². The molecule has 1 aliphatic heterocycles. The van der Waals surface area contributed by atoms with E-state index in [4.69, 9.17) is 10.6 Å². The summed E-state index contributed by atoms with van der Waals surface area (Å²) in [5.74, 6) is 6.50. The Morgan fingerprint density at radius 3 is 2.78 bits per heavy atom. The molecular formula is C14H31N3O. The van der Waals surface area contributed by atoms with Gasteiger partial charge in [0.1, 0.15) is 0 Å². The van der Waals surface area contributed by atoms with Crippen LogP contribution in [0.1, 0.15) is 46.0 Å². The van der Waals surface area contributed by atoms with E-state index in [1.54, 1.807) is 0 Å². The van der Waals surface area contributed by atoms with Crippen LogP contribution in [0.2, 0.25) is 0 Å². The minimum absolute atomic E-state index is 0.240. The second-order valence-electron chi connectivity index (χ2n) is 5.60. The highest BCUT2D eigenvalue weighted by molar-refractivity contribution is 4.82. The van der Waals surface area contributed by atoms with Crippen LogP contribution >= 0.6 is 0 Å². The van der Waals surface area contributed by atoms with Gasteiger partial charge in [0.25, 0.3) is 0 Å². The Balaban J connectivity index is 2.43. The van der Waals surface area contributed by atoms with Crippen LogP contribution in [0.25, 0.3) is 0 Å². The molecule has 3 atom stereocenters. The van der Waals surface area contributed by atoms with Gasteiger partial charge in [-0.05, 0) is 19.4 Å². The molecule has 1 fully saturated rings. The van der Waals surface area contributed by atoms with Crippen LogP contribution in [0, 0.1) is 5.92 Å². The predicted molar refractivity (Wildman–Crippen MR) is 76.3 cm³/mol. The zero-order valence-corrected chi connectivity index (χ0v) is 12.3. The summed E-state index contributed by atoms with van der Waals surface area (Å²) in [6.07, 6.45) is 6.52. The Morgan fingerprint density at radius 2 is 2.22 bits per heavy atom. The fourth-order valence-corrected chi connectivity index (χ4v) is 2.72. The zero-order valence-electron chi connectivity index (χ0n) is 12.3. The van der Waals surface area contributed by atoms with Crippen LogP contribution in [-0.2, 0) is 4.74 Å². The highest BCUT2D eigenvalue weighted by Gasteiger charge is 2.27. The first-order valence-corrected chi connectivity index (χ1v) is 7.47. The SMILES string of the molecule is CCCCC(CC)CC(NN)C1CN(C)CCO1. The van der Waals surface area contributed by atoms with Crippen molar-refractivity contribution in [2.75, 3.05) is 26.7 Å². The summed E-state index contributed by atoms with van der Waals surface area (Å²) < 4.78 is 5.87. The lowest BCUT2D eigenvalue weighted by Crippen LogP contribution is -2.53. The number of nitrogens with one attached hydrogen (secondary N) is 1. The first kappa shape index (κ1) is 15.9. The highest BCUT2D eigenvalue weighted by atomic mass is 16.5. The molecule has 0 saturated carbocycles. The average molecular weight is 257 g/mol. The molecule has 0 aromatic heterocycles. The van der Waals surface area contributed by atoms with Crippen LogP contribution in [0.4, 0.5) is 0 Å². The number of hydrogen-bond donors (Lipinski definition) is 2. The summed E-state index contributed by atoms with van der Waals surface area (Å²) in [6.45, 7) is 7.37. The van der Waals surface area contributed by atoms with Gasteiger partial charge < -0.3 is 9.64 Å². The van der Waals surface area contributed by atoms with Crippen molar-refractivity contribution in [3.63, 3.8) is 0 Å². The molecule has 3 N–H and O–H groups in total. The maximum absolute atomic E-state index is 5.87. The van der Waals surface area contributed by atoms with Crippen molar-refractivity contribution >= 4 is 0 Å². The fraction of sp³-hybridized carbons (Fsp3) is 1.00. The molecule has 0 aromatic rings. The topological polar surface area (TPSA) is 50.5 Å². The van der Waals surface area contributed by atoms with Gasteiger partial charge in [-0.3, -0.25) is 11.3 Å². The number of hydrazine groups is 1. The van der Waals surface area contributed by atoms with E-state index in [0.29, 0.717) is 0 Å². The zero-order chi connectivity index (χ0) is 13.4. The molecule has 0 aliphatic carbocycles. The first-order chi connectivity index (χ1) is 8.71. The molecule has 18 heavy (non-hydrogen) atoms. The smallest absolute Gasteiger partial charge is 0.0868 e. The average Bonchev–Trinajstić information content (AvgIpc) is 2.39. The molecule has 1 aliphatic rings. The van der Waals surface area contributed by atoms with Crippen LogP contribution in [0.3, 0.4) is 0 Å². The second-order valence-corrected chi connectivity index (χ2v) is 5.60. The summed E-state index contributed by atoms with van der Waals surface area (Å²) in [6, 6.07) is 0.287. The quantitative estimate of drug-likeness (QED) is 0.514. The fourth-order valence-electron chi connectivity index (χ4n) is 2.72. The molecule has 1 rings (SSSR count). The van der Waals surface area contributed by atoms with Gasteiger partial charge in [0.15, 0.2) is 0 Å². The minimum atomic E-state index is 0.240. The molecule has 4 nitrogen and oxygen atoms in total. The third-order valence-electron chi connectivity index (χ3n) is 4.09. The van der Waals surface area contributed by atoms with Crippen molar-refractivity contribution in [1.82, 2.24) is 10.3 Å². The van der Waals surface area contributed by atoms with Crippen molar-refractivity contribution in [3.8, 4) is 0 Å². The largest absolute Gasteiger partial charge is 0.374 e. The van der Waals surface area contributed by atoms with Crippen LogP contribution in [0.15, 0.2) is 0 Å². The summed E-state index contributed by atoms with van der Waals surface area (Å²) in [5.41, 5.74) is 2.98. The van der Waals surface area contributed by atoms with Gasteiger partial charge in [-0.1, -0.05) is 39.5 Å². The van der Waals surface area contributed by atoms with Crippen LogP contribution < -0.4 is 11.3 Å². The number of ether oxygens (including phenoxy) is 1. The number of likely N-dealkylation sites (N-methyl/N-ethyl adjacent to an activating group) is 1. The van der Waals surface area contributed by atoms with Crippen molar-refractivity contribution in [2.45, 2.75) is 58.1 Å². The number of morpholine rings is 1.